The lowest BCUT2D eigenvalue weighted by Gasteiger charge is -2.55. The third-order valence-corrected chi connectivity index (χ3v) is 9.83. The number of carbonyl (C=O) groups excluding carboxylic acids is 1. The van der Waals surface area contributed by atoms with E-state index in [-0.39, 0.29) is 6.61 Å². The van der Waals surface area contributed by atoms with Crippen molar-refractivity contribution in [3.8, 4) is 0 Å². The molecule has 10 atom stereocenters. The van der Waals surface area contributed by atoms with Crippen molar-refractivity contribution in [2.45, 2.75) is 88.2 Å². The Morgan fingerprint density at radius 3 is 1.71 bits per heavy atom. The number of hydrogen-bond donors (Lipinski definition) is 0. The monoisotopic (exact) mass is 704 g/mol. The van der Waals surface area contributed by atoms with Crippen LogP contribution in [-0.4, -0.2) is 88.4 Å². The molecule has 6 rings (SSSR count). The number of fused-ring (bicyclic) bond motifs is 1. The summed E-state index contributed by atoms with van der Waals surface area (Å²) in [6.45, 7) is 4.68. The Bertz CT molecular complexity index is 1560. The molecule has 0 saturated carbocycles. The van der Waals surface area contributed by atoms with Gasteiger partial charge in [0.15, 0.2) is 6.29 Å². The van der Waals surface area contributed by atoms with Gasteiger partial charge < -0.3 is 47.4 Å². The molecule has 0 N–H and O–H groups in total. The maximum absolute atomic E-state index is 13.0. The Morgan fingerprint density at radius 2 is 1.18 bits per heavy atom. The van der Waals surface area contributed by atoms with E-state index in [4.69, 9.17) is 47.4 Å². The van der Waals surface area contributed by atoms with Crippen molar-refractivity contribution in [2.75, 3.05) is 27.9 Å². The molecule has 51 heavy (non-hydrogen) atoms. The second-order valence-corrected chi connectivity index (χ2v) is 13.1. The molecule has 11 nitrogen and oxygen atoms in total. The largest absolute Gasteiger partial charge is 0.468 e. The molecule has 274 valence electrons. The second kappa shape index (κ2) is 16.9. The van der Waals surface area contributed by atoms with E-state index in [9.17, 15) is 4.79 Å². The van der Waals surface area contributed by atoms with Crippen LogP contribution in [0.4, 0.5) is 0 Å². The minimum atomic E-state index is -1.36. The Kier molecular flexibility index (Phi) is 12.3. The van der Waals surface area contributed by atoms with Crippen LogP contribution in [0.15, 0.2) is 103 Å². The number of esters is 1. The number of benzene rings is 3. The van der Waals surface area contributed by atoms with E-state index < -0.39 is 66.4 Å². The molecule has 3 aromatic carbocycles. The SMILES string of the molecule is COC(=O)C1C=C[C@@H](O[C@H]2O[C@H](COCc3ccccc3)[C@@H](OCc3ccccc3)[C@@H]2OCc2ccccc2)[C@H]2O[C@@](C)(OC)[C@](C)(OC)O[C@H]12. The Labute approximate surface area is 299 Å². The molecule has 2 heterocycles. The number of rotatable bonds is 15. The fourth-order valence-corrected chi connectivity index (χ4v) is 6.65. The molecule has 2 saturated heterocycles. The van der Waals surface area contributed by atoms with Gasteiger partial charge in [-0.1, -0.05) is 103 Å². The van der Waals surface area contributed by atoms with E-state index >= 15 is 0 Å². The molecular formula is C40H48O11. The topological polar surface area (TPSA) is 109 Å². The minimum absolute atomic E-state index is 0.226. The van der Waals surface area contributed by atoms with Crippen LogP contribution < -0.4 is 0 Å². The van der Waals surface area contributed by atoms with Crippen molar-refractivity contribution >= 4 is 5.97 Å². The van der Waals surface area contributed by atoms with E-state index in [1.807, 2.05) is 91.0 Å². The first-order valence-corrected chi connectivity index (χ1v) is 17.2. The molecule has 1 unspecified atom stereocenters. The highest BCUT2D eigenvalue weighted by molar-refractivity contribution is 5.75. The summed E-state index contributed by atoms with van der Waals surface area (Å²) in [5, 5.41) is 0. The molecular weight excluding hydrogens is 656 g/mol. The van der Waals surface area contributed by atoms with Crippen LogP contribution in [0.1, 0.15) is 30.5 Å². The zero-order valence-corrected chi connectivity index (χ0v) is 29.8. The average molecular weight is 705 g/mol. The summed E-state index contributed by atoms with van der Waals surface area (Å²) in [6, 6.07) is 29.8. The summed E-state index contributed by atoms with van der Waals surface area (Å²) in [6.07, 6.45) is -1.62. The fourth-order valence-electron chi connectivity index (χ4n) is 6.65. The number of carbonyl (C=O) groups is 1. The fraction of sp³-hybridized carbons (Fsp3) is 0.475. The molecule has 0 bridgehead atoms. The molecule has 2 fully saturated rings. The van der Waals surface area contributed by atoms with E-state index in [1.165, 1.54) is 21.3 Å². The van der Waals surface area contributed by atoms with Crippen molar-refractivity contribution in [1.82, 2.24) is 0 Å². The highest BCUT2D eigenvalue weighted by Gasteiger charge is 2.61. The van der Waals surface area contributed by atoms with E-state index in [0.717, 1.165) is 16.7 Å². The number of ether oxygens (including phenoxy) is 10. The molecule has 3 aromatic rings. The van der Waals surface area contributed by atoms with Gasteiger partial charge in [-0.15, -0.1) is 0 Å². The van der Waals surface area contributed by atoms with Gasteiger partial charge in [0.1, 0.15) is 42.5 Å². The molecule has 3 aliphatic rings. The minimum Gasteiger partial charge on any atom is -0.468 e. The van der Waals surface area contributed by atoms with Crippen molar-refractivity contribution in [1.29, 1.82) is 0 Å². The van der Waals surface area contributed by atoms with Gasteiger partial charge in [0.2, 0.25) is 11.6 Å². The predicted octanol–water partition coefficient (Wildman–Crippen LogP) is 5.35. The maximum atomic E-state index is 13.0. The van der Waals surface area contributed by atoms with E-state index in [0.29, 0.717) is 19.8 Å². The summed E-state index contributed by atoms with van der Waals surface area (Å²) in [5.74, 6) is -3.97. The van der Waals surface area contributed by atoms with Gasteiger partial charge in [-0.05, 0) is 30.5 Å². The Hall–Kier alpha value is -3.49. The lowest BCUT2D eigenvalue weighted by atomic mass is 9.85. The van der Waals surface area contributed by atoms with Crippen LogP contribution >= 0.6 is 0 Å². The second-order valence-electron chi connectivity index (χ2n) is 13.1. The lowest BCUT2D eigenvalue weighted by Crippen LogP contribution is -2.69. The van der Waals surface area contributed by atoms with Gasteiger partial charge in [-0.25, -0.2) is 0 Å². The first kappa shape index (κ1) is 37.3. The molecule has 0 aromatic heterocycles. The first-order valence-electron chi connectivity index (χ1n) is 17.2. The summed E-state index contributed by atoms with van der Waals surface area (Å²) >= 11 is 0. The summed E-state index contributed by atoms with van der Waals surface area (Å²) in [5.41, 5.74) is 3.03. The van der Waals surface area contributed by atoms with Crippen molar-refractivity contribution in [2.24, 2.45) is 5.92 Å². The lowest BCUT2D eigenvalue weighted by molar-refractivity contribution is -0.458. The van der Waals surface area contributed by atoms with Crippen LogP contribution in [0, 0.1) is 5.92 Å². The highest BCUT2D eigenvalue weighted by Crippen LogP contribution is 2.45. The van der Waals surface area contributed by atoms with Gasteiger partial charge in [0, 0.05) is 14.2 Å². The predicted molar refractivity (Wildman–Crippen MR) is 185 cm³/mol. The van der Waals surface area contributed by atoms with Crippen molar-refractivity contribution in [3.63, 3.8) is 0 Å². The Balaban J connectivity index is 1.29. The molecule has 0 spiro atoms. The van der Waals surface area contributed by atoms with Gasteiger partial charge >= 0.3 is 5.97 Å². The molecule has 0 amide bonds. The van der Waals surface area contributed by atoms with Gasteiger partial charge in [0.05, 0.1) is 33.5 Å². The molecule has 2 aliphatic heterocycles. The zero-order valence-electron chi connectivity index (χ0n) is 29.8. The van der Waals surface area contributed by atoms with Gasteiger partial charge in [-0.2, -0.15) is 0 Å². The summed E-state index contributed by atoms with van der Waals surface area (Å²) in [4.78, 5) is 13.0. The maximum Gasteiger partial charge on any atom is 0.315 e. The Morgan fingerprint density at radius 1 is 0.667 bits per heavy atom. The zero-order chi connectivity index (χ0) is 35.8. The van der Waals surface area contributed by atoms with Crippen molar-refractivity contribution < 1.29 is 52.2 Å². The third-order valence-electron chi connectivity index (χ3n) is 9.83. The standard InChI is InChI=1S/C40H48O11/c1-39(43-4)40(2,44-5)51-35-31(22-21-30(33(35)50-39)37(41)42-3)48-38-36(47-25-29-19-13-8-14-20-29)34(46-24-28-17-11-7-12-18-28)32(49-38)26-45-23-27-15-9-6-10-16-27/h6-22,30-36,38H,23-26H2,1-5H3/t30?,31-,32-,33-,34-,35-,36+,38+,39-,40-/m1/s1. The van der Waals surface area contributed by atoms with Gasteiger partial charge in [-0.3, -0.25) is 4.79 Å². The van der Waals surface area contributed by atoms with Crippen LogP contribution in [0.5, 0.6) is 0 Å². The van der Waals surface area contributed by atoms with Crippen LogP contribution in [0.3, 0.4) is 0 Å². The normalized spacial score (nSPS) is 33.1. The van der Waals surface area contributed by atoms with Gasteiger partial charge in [0.25, 0.3) is 0 Å². The summed E-state index contributed by atoms with van der Waals surface area (Å²) < 4.78 is 62.6. The smallest absolute Gasteiger partial charge is 0.315 e. The quantitative estimate of drug-likeness (QED) is 0.151. The first-order chi connectivity index (χ1) is 24.8. The number of hydrogen-bond acceptors (Lipinski definition) is 11. The van der Waals surface area contributed by atoms with Crippen LogP contribution in [0.25, 0.3) is 0 Å². The average Bonchev–Trinajstić information content (AvgIpc) is 3.49. The third kappa shape index (κ3) is 8.44. The van der Waals surface area contributed by atoms with Crippen LogP contribution in [-0.2, 0) is 72.0 Å². The van der Waals surface area contributed by atoms with E-state index in [2.05, 4.69) is 0 Å². The van der Waals surface area contributed by atoms with Crippen molar-refractivity contribution in [3.05, 3.63) is 120 Å². The van der Waals surface area contributed by atoms with Crippen LogP contribution in [0.2, 0.25) is 0 Å². The molecule has 11 heteroatoms. The summed E-state index contributed by atoms with van der Waals surface area (Å²) in [7, 11) is 4.34. The molecule has 0 radical (unpaired) electrons. The molecule has 1 aliphatic carbocycles. The van der Waals surface area contributed by atoms with E-state index in [1.54, 1.807) is 26.0 Å². The highest BCUT2D eigenvalue weighted by atomic mass is 16.8. The number of methoxy groups -OCH3 is 3.